The summed E-state index contributed by atoms with van der Waals surface area (Å²) in [6.45, 7) is 15.7. The summed E-state index contributed by atoms with van der Waals surface area (Å²) in [5.41, 5.74) is 10.8. The van der Waals surface area contributed by atoms with E-state index in [1.807, 2.05) is 33.7 Å². The van der Waals surface area contributed by atoms with Gasteiger partial charge in [-0.2, -0.15) is 0 Å². The Morgan fingerprint density at radius 2 is 1.51 bits per heavy atom. The quantitative estimate of drug-likeness (QED) is 0.0367. The summed E-state index contributed by atoms with van der Waals surface area (Å²) in [6.07, 6.45) is 11.2. The van der Waals surface area contributed by atoms with Gasteiger partial charge in [-0.1, -0.05) is 50.9 Å². The number of benzene rings is 1. The van der Waals surface area contributed by atoms with Crippen molar-refractivity contribution in [2.45, 2.75) is 96.2 Å². The lowest BCUT2D eigenvalue weighted by Crippen LogP contribution is -2.42. The molecule has 1 amide bonds. The number of rotatable bonds is 18. The molecular weight excluding hydrogens is 883 g/mol. The number of halogens is 2. The predicted octanol–water partition coefficient (Wildman–Crippen LogP) is 9.81. The highest BCUT2D eigenvalue weighted by atomic mass is 35.5. The van der Waals surface area contributed by atoms with Crippen molar-refractivity contribution in [1.82, 2.24) is 34.0 Å². The molecule has 3 N–H and O–H groups in total. The molecule has 5 aromatic heterocycles. The number of ketones is 1. The number of carbonyl (C=O) groups excluding carboxylic acids is 2. The Balaban J connectivity index is 1.13. The summed E-state index contributed by atoms with van der Waals surface area (Å²) in [5, 5.41) is 1.45. The maximum absolute atomic E-state index is 15.7. The number of nitrogen functional groups attached to an aromatic ring is 1. The number of amides is 1. The molecule has 6 aromatic rings. The van der Waals surface area contributed by atoms with Crippen molar-refractivity contribution in [3.63, 3.8) is 0 Å². The summed E-state index contributed by atoms with van der Waals surface area (Å²) in [5.74, 6) is -0.0166. The van der Waals surface area contributed by atoms with Crippen LogP contribution >= 0.6 is 11.6 Å². The number of hydrogen-bond acceptors (Lipinski definition) is 10. The number of imidazole rings is 1. The van der Waals surface area contributed by atoms with Gasteiger partial charge in [-0.05, 0) is 48.6 Å². The number of hydrogen-bond donors (Lipinski definition) is 2. The highest BCUT2D eigenvalue weighted by molar-refractivity contribution is 6.76. The van der Waals surface area contributed by atoms with Gasteiger partial charge in [-0.25, -0.2) is 19.3 Å². The monoisotopic (exact) mass is 940 g/mol. The van der Waals surface area contributed by atoms with Gasteiger partial charge in [0.2, 0.25) is 17.7 Å². The van der Waals surface area contributed by atoms with Gasteiger partial charge in [-0.15, -0.1) is 0 Å². The first-order chi connectivity index (χ1) is 30.9. The van der Waals surface area contributed by atoms with Gasteiger partial charge in [0.05, 0.1) is 48.2 Å². The van der Waals surface area contributed by atoms with E-state index in [9.17, 15) is 9.59 Å². The zero-order valence-electron chi connectivity index (χ0n) is 38.3. The summed E-state index contributed by atoms with van der Waals surface area (Å²) >= 11 is 6.25. The Bertz CT molecular complexity index is 2790. The van der Waals surface area contributed by atoms with E-state index >= 15 is 4.39 Å². The number of aromatic nitrogens is 6. The third-order valence-electron chi connectivity index (χ3n) is 12.5. The van der Waals surface area contributed by atoms with Crippen LogP contribution in [0.2, 0.25) is 56.4 Å². The lowest BCUT2D eigenvalue weighted by Gasteiger charge is -2.35. The topological polar surface area (TPSA) is 165 Å². The van der Waals surface area contributed by atoms with Crippen LogP contribution in [-0.4, -0.2) is 95.3 Å². The molecular formula is C47H58ClFN8O6Si2. The van der Waals surface area contributed by atoms with Crippen LogP contribution in [0.5, 0.6) is 11.8 Å². The van der Waals surface area contributed by atoms with Crippen molar-refractivity contribution in [3.8, 4) is 23.0 Å². The molecule has 3 atom stereocenters. The molecule has 1 fully saturated rings. The Labute approximate surface area is 385 Å². The molecule has 0 spiro atoms. The number of aromatic amines is 1. The van der Waals surface area contributed by atoms with E-state index in [1.165, 1.54) is 18.2 Å². The molecule has 7 heterocycles. The molecule has 2 aliphatic rings. The summed E-state index contributed by atoms with van der Waals surface area (Å²) in [4.78, 5) is 48.3. The number of Topliss-reactive ketones (excluding diaryl/α,β-unsaturated/α-hetero) is 1. The van der Waals surface area contributed by atoms with Gasteiger partial charge < -0.3 is 43.7 Å². The molecule has 14 nitrogen and oxygen atoms in total. The van der Waals surface area contributed by atoms with Gasteiger partial charge >= 0.3 is 0 Å². The van der Waals surface area contributed by atoms with Gasteiger partial charge in [0.25, 0.3) is 0 Å². The Morgan fingerprint density at radius 3 is 2.14 bits per heavy atom. The molecule has 0 bridgehead atoms. The molecule has 2 unspecified atom stereocenters. The first kappa shape index (κ1) is 46.2. The number of nitrogens with two attached hydrogens (primary N) is 1. The second kappa shape index (κ2) is 18.5. The lowest BCUT2D eigenvalue weighted by atomic mass is 9.84. The molecule has 1 aromatic carbocycles. The average molecular weight is 942 g/mol. The van der Waals surface area contributed by atoms with Crippen molar-refractivity contribution >= 4 is 72.5 Å². The fourth-order valence-corrected chi connectivity index (χ4v) is 10.6. The molecule has 2 aliphatic heterocycles. The number of ether oxygens (including phenoxy) is 4. The third kappa shape index (κ3) is 9.80. The summed E-state index contributed by atoms with van der Waals surface area (Å²) in [7, 11) is 0.524. The van der Waals surface area contributed by atoms with Gasteiger partial charge in [0.15, 0.2) is 11.6 Å². The number of carbonyl (C=O) groups is 2. The maximum Gasteiger partial charge on any atom is 0.247 e. The number of anilines is 1. The lowest BCUT2D eigenvalue weighted by molar-refractivity contribution is -0.129. The number of nitrogens with one attached hydrogen (secondary N) is 1. The van der Waals surface area contributed by atoms with Crippen molar-refractivity contribution < 1.29 is 32.9 Å². The Morgan fingerprint density at radius 1 is 0.892 bits per heavy atom. The average Bonchev–Trinajstić information content (AvgIpc) is 4.05. The first-order valence-electron chi connectivity index (χ1n) is 22.0. The fourth-order valence-electron chi connectivity index (χ4n) is 8.91. The number of H-pyrrole nitrogens is 1. The number of pyridine rings is 2. The largest absolute Gasteiger partial charge is 0.481 e. The third-order valence-corrected chi connectivity index (χ3v) is 16.2. The smallest absolute Gasteiger partial charge is 0.247 e. The van der Waals surface area contributed by atoms with Gasteiger partial charge in [0.1, 0.15) is 19.3 Å². The highest BCUT2D eigenvalue weighted by Crippen LogP contribution is 2.48. The molecule has 344 valence electrons. The fraction of sp³-hybridized carbons (Fsp3) is 0.426. The number of fused-ring (bicyclic) bond motifs is 3. The van der Waals surface area contributed by atoms with Crippen LogP contribution < -0.4 is 15.2 Å². The van der Waals surface area contributed by atoms with Crippen LogP contribution in [-0.2, 0) is 27.7 Å². The van der Waals surface area contributed by atoms with Crippen LogP contribution in [0, 0.1) is 11.7 Å². The molecule has 1 saturated heterocycles. The van der Waals surface area contributed by atoms with Crippen LogP contribution in [0.1, 0.15) is 47.1 Å². The van der Waals surface area contributed by atoms with Gasteiger partial charge in [-0.3, -0.25) is 9.59 Å². The van der Waals surface area contributed by atoms with Crippen LogP contribution in [0.4, 0.5) is 10.1 Å². The second-order valence-corrected chi connectivity index (χ2v) is 31.2. The van der Waals surface area contributed by atoms with Gasteiger partial charge in [0, 0.05) is 118 Å². The van der Waals surface area contributed by atoms with E-state index in [1.54, 1.807) is 37.7 Å². The minimum absolute atomic E-state index is 0.0941. The van der Waals surface area contributed by atoms with E-state index in [0.717, 1.165) is 39.8 Å². The normalized spacial score (nSPS) is 17.9. The van der Waals surface area contributed by atoms with Crippen LogP contribution in [0.25, 0.3) is 38.6 Å². The zero-order chi connectivity index (χ0) is 46.4. The molecule has 0 saturated carbocycles. The number of methoxy groups -OCH3 is 2. The Hall–Kier alpha value is -5.34. The van der Waals surface area contributed by atoms with E-state index in [2.05, 4.69) is 54.2 Å². The van der Waals surface area contributed by atoms with Crippen molar-refractivity contribution in [2.75, 3.05) is 33.2 Å². The number of nitrogens with zero attached hydrogens (tertiary/aromatic N) is 6. The van der Waals surface area contributed by atoms with E-state index < -0.39 is 34.0 Å². The minimum Gasteiger partial charge on any atom is -0.481 e. The molecule has 0 aliphatic carbocycles. The molecule has 8 rings (SSSR count). The SMILES string of the molecule is COc1cc2c(cn1)c(C(=O)CC1C[C@@H](c3ncc(-c4cn(COCC[Si](C)(C)C)c5cc(OC)ncc45)[nH]3)N3C(=O)C=C(c4c(N)ccc(Cl)c4F)CC13)cn2COCC[Si](C)(C)C. The predicted molar refractivity (Wildman–Crippen MR) is 257 cm³/mol. The molecule has 65 heavy (non-hydrogen) atoms. The second-order valence-electron chi connectivity index (χ2n) is 19.5. The summed E-state index contributed by atoms with van der Waals surface area (Å²) in [6, 6.07) is 7.66. The van der Waals surface area contributed by atoms with E-state index in [-0.39, 0.29) is 53.5 Å². The summed E-state index contributed by atoms with van der Waals surface area (Å²) < 4.78 is 42.9. The van der Waals surface area contributed by atoms with Crippen molar-refractivity contribution in [1.29, 1.82) is 0 Å². The van der Waals surface area contributed by atoms with Crippen LogP contribution in [0.15, 0.2) is 61.3 Å². The van der Waals surface area contributed by atoms with Crippen molar-refractivity contribution in [2.24, 2.45) is 5.92 Å². The van der Waals surface area contributed by atoms with E-state index in [0.29, 0.717) is 60.5 Å². The molecule has 18 heteroatoms. The standard InChI is InChI=1S/C47H58ClFN8O6Si2/c1-60-42-19-38-30(21-51-42)32(24-55(38)26-62-11-13-64(3,4)5)36-23-53-47(54-36)40-15-28(37-16-29(18-44(59)57(37)40)45-35(50)10-9-34(48)46(45)49)17-41(58)33-25-56(27-63-12-14-65(6,7)8)39-20-43(61-2)52-22-31(33)39/h9-10,18-25,28,37,40H,11-17,26-27,50H2,1-8H3,(H,53,54)/t28?,37?,40-/m0/s1. The van der Waals surface area contributed by atoms with Crippen molar-refractivity contribution in [3.05, 3.63) is 89.1 Å². The van der Waals surface area contributed by atoms with E-state index in [4.69, 9.17) is 41.3 Å². The minimum atomic E-state index is -1.33. The van der Waals surface area contributed by atoms with Crippen LogP contribution in [0.3, 0.4) is 0 Å². The Kier molecular flexibility index (Phi) is 13.2. The highest BCUT2D eigenvalue weighted by Gasteiger charge is 2.48. The zero-order valence-corrected chi connectivity index (χ0v) is 41.1. The first-order valence-corrected chi connectivity index (χ1v) is 29.8. The molecule has 0 radical (unpaired) electrons. The maximum atomic E-state index is 15.7.